The van der Waals surface area contributed by atoms with E-state index in [1.807, 2.05) is 36.4 Å². The van der Waals surface area contributed by atoms with Gasteiger partial charge < -0.3 is 4.57 Å². The zero-order valence-corrected chi connectivity index (χ0v) is 9.02. The zero-order valence-electron chi connectivity index (χ0n) is 8.13. The van der Waals surface area contributed by atoms with E-state index >= 15 is 0 Å². The summed E-state index contributed by atoms with van der Waals surface area (Å²) in [6.07, 6.45) is 1.76. The Morgan fingerprint density at radius 1 is 1.13 bits per heavy atom. The quantitative estimate of drug-likeness (QED) is 0.765. The second-order valence-electron chi connectivity index (χ2n) is 3.34. The van der Waals surface area contributed by atoms with E-state index in [1.165, 1.54) is 6.07 Å². The molecule has 0 bridgehead atoms. The topological polar surface area (TPSA) is 22.0 Å². The van der Waals surface area contributed by atoms with E-state index in [9.17, 15) is 4.79 Å². The van der Waals surface area contributed by atoms with E-state index in [1.54, 1.807) is 10.8 Å². The van der Waals surface area contributed by atoms with Gasteiger partial charge in [0.1, 0.15) is 0 Å². The maximum Gasteiger partial charge on any atom is 0.251 e. The highest BCUT2D eigenvalue weighted by atomic mass is 32.1. The molecule has 0 unspecified atom stereocenters. The van der Waals surface area contributed by atoms with Gasteiger partial charge in [-0.3, -0.25) is 4.79 Å². The molecule has 15 heavy (non-hydrogen) atoms. The molecule has 0 amide bonds. The molecule has 1 aromatic carbocycles. The van der Waals surface area contributed by atoms with Crippen LogP contribution in [0.25, 0.3) is 0 Å². The summed E-state index contributed by atoms with van der Waals surface area (Å²) in [4.78, 5) is 12.3. The first-order valence-electron chi connectivity index (χ1n) is 4.69. The fraction of sp³-hybridized carbons (Fsp3) is 0.0833. The van der Waals surface area contributed by atoms with Crippen LogP contribution in [0.3, 0.4) is 0 Å². The molecule has 0 aliphatic heterocycles. The summed E-state index contributed by atoms with van der Waals surface area (Å²) >= 11 is 4.11. The number of rotatable bonds is 2. The van der Waals surface area contributed by atoms with Crippen molar-refractivity contribution in [2.75, 3.05) is 0 Å². The molecular weight excluding hydrogens is 206 g/mol. The van der Waals surface area contributed by atoms with E-state index in [2.05, 4.69) is 12.6 Å². The highest BCUT2D eigenvalue weighted by molar-refractivity contribution is 7.80. The van der Waals surface area contributed by atoms with Gasteiger partial charge in [0, 0.05) is 17.2 Å². The lowest BCUT2D eigenvalue weighted by atomic mass is 10.2. The van der Waals surface area contributed by atoms with Crippen LogP contribution in [-0.2, 0) is 6.54 Å². The lowest BCUT2D eigenvalue weighted by Crippen LogP contribution is -2.18. The first kappa shape index (κ1) is 10.1. The third-order valence-electron chi connectivity index (χ3n) is 2.18. The molecule has 2 rings (SSSR count). The summed E-state index contributed by atoms with van der Waals surface area (Å²) in [7, 11) is 0. The van der Waals surface area contributed by atoms with E-state index in [-0.39, 0.29) is 5.56 Å². The molecule has 0 radical (unpaired) electrons. The molecule has 0 saturated heterocycles. The summed E-state index contributed by atoms with van der Waals surface area (Å²) in [6, 6.07) is 13.2. The van der Waals surface area contributed by atoms with Crippen molar-refractivity contribution >= 4 is 12.6 Å². The standard InChI is InChI=1S/C12H11NOS/c14-12-8-11(15)6-7-13(12)9-10-4-2-1-3-5-10/h1-8,15H,9H2. The molecule has 0 saturated carbocycles. The highest BCUT2D eigenvalue weighted by Crippen LogP contribution is 2.03. The fourth-order valence-corrected chi connectivity index (χ4v) is 1.59. The van der Waals surface area contributed by atoms with Crippen LogP contribution in [-0.4, -0.2) is 4.57 Å². The summed E-state index contributed by atoms with van der Waals surface area (Å²) in [5, 5.41) is 0. The largest absolute Gasteiger partial charge is 0.311 e. The Morgan fingerprint density at radius 2 is 1.87 bits per heavy atom. The van der Waals surface area contributed by atoms with Gasteiger partial charge in [-0.15, -0.1) is 12.6 Å². The first-order chi connectivity index (χ1) is 7.25. The van der Waals surface area contributed by atoms with Crippen molar-refractivity contribution in [2.45, 2.75) is 11.4 Å². The Kier molecular flexibility index (Phi) is 2.92. The predicted octanol–water partition coefficient (Wildman–Crippen LogP) is 2.19. The Labute approximate surface area is 93.6 Å². The number of aromatic nitrogens is 1. The summed E-state index contributed by atoms with van der Waals surface area (Å²) in [6.45, 7) is 0.605. The molecular formula is C12H11NOS. The normalized spacial score (nSPS) is 10.2. The number of hydrogen-bond donors (Lipinski definition) is 1. The smallest absolute Gasteiger partial charge is 0.251 e. The molecule has 76 valence electrons. The van der Waals surface area contributed by atoms with Gasteiger partial charge in [0.2, 0.25) is 0 Å². The average Bonchev–Trinajstić information content (AvgIpc) is 2.24. The summed E-state index contributed by atoms with van der Waals surface area (Å²) in [5.74, 6) is 0. The summed E-state index contributed by atoms with van der Waals surface area (Å²) in [5.41, 5.74) is 1.10. The first-order valence-corrected chi connectivity index (χ1v) is 5.14. The maximum atomic E-state index is 11.6. The third kappa shape index (κ3) is 2.50. The van der Waals surface area contributed by atoms with E-state index < -0.39 is 0 Å². The van der Waals surface area contributed by atoms with Crippen LogP contribution >= 0.6 is 12.6 Å². The van der Waals surface area contributed by atoms with Crippen LogP contribution in [0.4, 0.5) is 0 Å². The van der Waals surface area contributed by atoms with Crippen molar-refractivity contribution in [3.8, 4) is 0 Å². The Hall–Kier alpha value is -1.48. The number of nitrogens with zero attached hydrogens (tertiary/aromatic N) is 1. The SMILES string of the molecule is O=c1cc(S)ccn1Cc1ccccc1. The van der Waals surface area contributed by atoms with E-state index in [4.69, 9.17) is 0 Å². The molecule has 2 nitrogen and oxygen atoms in total. The van der Waals surface area contributed by atoms with Gasteiger partial charge in [0.15, 0.2) is 0 Å². The molecule has 0 aliphatic carbocycles. The van der Waals surface area contributed by atoms with Gasteiger partial charge >= 0.3 is 0 Å². The van der Waals surface area contributed by atoms with Crippen LogP contribution in [0.5, 0.6) is 0 Å². The monoisotopic (exact) mass is 217 g/mol. The van der Waals surface area contributed by atoms with Crippen LogP contribution in [0.15, 0.2) is 58.4 Å². The van der Waals surface area contributed by atoms with Gasteiger partial charge in [-0.05, 0) is 11.6 Å². The molecule has 0 aliphatic rings. The molecule has 1 aromatic heterocycles. The van der Waals surface area contributed by atoms with E-state index in [0.717, 1.165) is 5.56 Å². The number of hydrogen-bond acceptors (Lipinski definition) is 2. The van der Waals surface area contributed by atoms with Crippen molar-refractivity contribution in [3.05, 3.63) is 64.6 Å². The van der Waals surface area contributed by atoms with Crippen molar-refractivity contribution < 1.29 is 0 Å². The second kappa shape index (κ2) is 4.36. The van der Waals surface area contributed by atoms with Crippen LogP contribution < -0.4 is 5.56 Å². The molecule has 0 spiro atoms. The lowest BCUT2D eigenvalue weighted by molar-refractivity contribution is 0.753. The van der Waals surface area contributed by atoms with Crippen LogP contribution in [0, 0.1) is 0 Å². The van der Waals surface area contributed by atoms with Gasteiger partial charge in [-0.1, -0.05) is 30.3 Å². The minimum absolute atomic E-state index is 0.0219. The third-order valence-corrected chi connectivity index (χ3v) is 2.45. The van der Waals surface area contributed by atoms with Crippen LogP contribution in [0.1, 0.15) is 5.56 Å². The van der Waals surface area contributed by atoms with Gasteiger partial charge in [0.05, 0.1) is 6.54 Å². The lowest BCUT2D eigenvalue weighted by Gasteiger charge is -2.05. The Morgan fingerprint density at radius 3 is 2.53 bits per heavy atom. The van der Waals surface area contributed by atoms with Crippen molar-refractivity contribution in [3.63, 3.8) is 0 Å². The highest BCUT2D eigenvalue weighted by Gasteiger charge is 1.97. The van der Waals surface area contributed by atoms with Crippen molar-refractivity contribution in [2.24, 2.45) is 0 Å². The average molecular weight is 217 g/mol. The van der Waals surface area contributed by atoms with Gasteiger partial charge in [-0.2, -0.15) is 0 Å². The van der Waals surface area contributed by atoms with E-state index in [0.29, 0.717) is 11.4 Å². The van der Waals surface area contributed by atoms with Crippen LogP contribution in [0.2, 0.25) is 0 Å². The maximum absolute atomic E-state index is 11.6. The number of pyridine rings is 1. The van der Waals surface area contributed by atoms with Gasteiger partial charge in [0.25, 0.3) is 5.56 Å². The minimum atomic E-state index is -0.0219. The molecule has 0 atom stereocenters. The molecule has 3 heteroatoms. The Balaban J connectivity index is 2.29. The minimum Gasteiger partial charge on any atom is -0.311 e. The van der Waals surface area contributed by atoms with Crippen molar-refractivity contribution in [1.29, 1.82) is 0 Å². The number of benzene rings is 1. The molecule has 0 fully saturated rings. The fourth-order valence-electron chi connectivity index (χ4n) is 1.41. The van der Waals surface area contributed by atoms with Gasteiger partial charge in [-0.25, -0.2) is 0 Å². The van der Waals surface area contributed by atoms with Crippen molar-refractivity contribution in [1.82, 2.24) is 4.57 Å². The molecule has 1 heterocycles. The zero-order chi connectivity index (χ0) is 10.7. The second-order valence-corrected chi connectivity index (χ2v) is 3.85. The Bertz CT molecular complexity index is 505. The molecule has 2 aromatic rings. The molecule has 0 N–H and O–H groups in total. The predicted molar refractivity (Wildman–Crippen MR) is 63.5 cm³/mol. The summed E-state index contributed by atoms with van der Waals surface area (Å²) < 4.78 is 1.66. The number of thiol groups is 1.